The van der Waals surface area contributed by atoms with Crippen molar-refractivity contribution < 1.29 is 8.42 Å². The molecule has 2 aliphatic rings. The maximum absolute atomic E-state index is 11.7. The van der Waals surface area contributed by atoms with Gasteiger partial charge in [-0.05, 0) is 38.1 Å². The van der Waals surface area contributed by atoms with Gasteiger partial charge in [0.25, 0.3) is 0 Å². The maximum atomic E-state index is 11.7. The zero-order chi connectivity index (χ0) is 10.9. The van der Waals surface area contributed by atoms with Gasteiger partial charge in [-0.1, -0.05) is 6.42 Å². The third-order valence-corrected chi connectivity index (χ3v) is 5.09. The fourth-order valence-electron chi connectivity index (χ4n) is 2.92. The molecule has 0 spiro atoms. The summed E-state index contributed by atoms with van der Waals surface area (Å²) in [5.41, 5.74) is 0. The first-order chi connectivity index (χ1) is 7.11. The summed E-state index contributed by atoms with van der Waals surface area (Å²) in [5, 5.41) is 2.86. The molecule has 0 aromatic heterocycles. The van der Waals surface area contributed by atoms with Crippen LogP contribution in [-0.2, 0) is 10.0 Å². The van der Waals surface area contributed by atoms with Crippen LogP contribution in [0.15, 0.2) is 0 Å². The predicted octanol–water partition coefficient (Wildman–Crippen LogP) is 0.314. The van der Waals surface area contributed by atoms with Gasteiger partial charge in [0.1, 0.15) is 0 Å². The summed E-state index contributed by atoms with van der Waals surface area (Å²) in [6.45, 7) is 0.524. The molecule has 3 unspecified atom stereocenters. The van der Waals surface area contributed by atoms with E-state index in [1.54, 1.807) is 7.05 Å². The van der Waals surface area contributed by atoms with E-state index in [0.717, 1.165) is 12.3 Å². The molecule has 0 heterocycles. The van der Waals surface area contributed by atoms with Crippen molar-refractivity contribution in [3.05, 3.63) is 0 Å². The molecule has 2 aliphatic carbocycles. The van der Waals surface area contributed by atoms with Crippen LogP contribution in [0.3, 0.4) is 0 Å². The Bertz CT molecular complexity index is 315. The van der Waals surface area contributed by atoms with Gasteiger partial charge < -0.3 is 5.32 Å². The molecular weight excluding hydrogens is 212 g/mol. The van der Waals surface area contributed by atoms with E-state index in [9.17, 15) is 8.42 Å². The lowest BCUT2D eigenvalue weighted by Gasteiger charge is -2.22. The number of nitrogens with one attached hydrogen (secondary N) is 2. The quantitative estimate of drug-likeness (QED) is 0.717. The number of fused-ring (bicyclic) bond motifs is 2. The lowest BCUT2D eigenvalue weighted by molar-refractivity contribution is 0.390. The van der Waals surface area contributed by atoms with E-state index in [1.165, 1.54) is 19.3 Å². The standard InChI is InChI=1S/C10H20N2O2S/c1-11-4-5-15(13,14)12-10-7-8-2-3-9(10)6-8/h8-12H,2-7H2,1H3. The van der Waals surface area contributed by atoms with E-state index in [1.807, 2.05) is 0 Å². The Morgan fingerprint density at radius 2 is 2.07 bits per heavy atom. The average Bonchev–Trinajstić information content (AvgIpc) is 2.75. The van der Waals surface area contributed by atoms with Crippen LogP contribution in [0.1, 0.15) is 25.7 Å². The van der Waals surface area contributed by atoms with Gasteiger partial charge in [-0.2, -0.15) is 0 Å². The summed E-state index contributed by atoms with van der Waals surface area (Å²) in [6.07, 6.45) is 4.81. The SMILES string of the molecule is CNCCS(=O)(=O)NC1CC2CCC1C2. The summed E-state index contributed by atoms with van der Waals surface area (Å²) < 4.78 is 26.2. The lowest BCUT2D eigenvalue weighted by Crippen LogP contribution is -2.41. The highest BCUT2D eigenvalue weighted by molar-refractivity contribution is 7.89. The fraction of sp³-hybridized carbons (Fsp3) is 1.00. The summed E-state index contributed by atoms with van der Waals surface area (Å²) in [4.78, 5) is 0. The Labute approximate surface area is 91.9 Å². The second-order valence-electron chi connectivity index (χ2n) is 4.82. The normalized spacial score (nSPS) is 34.9. The molecule has 0 aliphatic heterocycles. The largest absolute Gasteiger partial charge is 0.319 e. The number of rotatable bonds is 5. The van der Waals surface area contributed by atoms with Crippen LogP contribution in [0.2, 0.25) is 0 Å². The molecule has 0 amide bonds. The molecule has 5 heteroatoms. The first-order valence-electron chi connectivity index (χ1n) is 5.75. The summed E-state index contributed by atoms with van der Waals surface area (Å²) >= 11 is 0. The molecule has 88 valence electrons. The molecule has 0 saturated heterocycles. The van der Waals surface area contributed by atoms with Crippen molar-refractivity contribution >= 4 is 10.0 Å². The molecule has 2 saturated carbocycles. The first-order valence-corrected chi connectivity index (χ1v) is 7.40. The van der Waals surface area contributed by atoms with E-state index in [2.05, 4.69) is 10.0 Å². The molecule has 3 atom stereocenters. The number of hydrogen-bond donors (Lipinski definition) is 2. The van der Waals surface area contributed by atoms with E-state index in [4.69, 9.17) is 0 Å². The van der Waals surface area contributed by atoms with Crippen LogP contribution in [0.5, 0.6) is 0 Å². The Hall–Kier alpha value is -0.130. The zero-order valence-corrected chi connectivity index (χ0v) is 10.0. The first kappa shape index (κ1) is 11.4. The van der Waals surface area contributed by atoms with Crippen molar-refractivity contribution in [2.24, 2.45) is 11.8 Å². The van der Waals surface area contributed by atoms with Crippen LogP contribution in [-0.4, -0.2) is 33.8 Å². The Morgan fingerprint density at radius 1 is 1.27 bits per heavy atom. The van der Waals surface area contributed by atoms with Crippen molar-refractivity contribution in [3.8, 4) is 0 Å². The monoisotopic (exact) mass is 232 g/mol. The smallest absolute Gasteiger partial charge is 0.213 e. The molecular formula is C10H20N2O2S. The molecule has 0 aromatic carbocycles. The molecule has 0 radical (unpaired) electrons. The minimum Gasteiger partial charge on any atom is -0.319 e. The van der Waals surface area contributed by atoms with Crippen molar-refractivity contribution in [1.29, 1.82) is 0 Å². The van der Waals surface area contributed by atoms with Gasteiger partial charge in [0, 0.05) is 12.6 Å². The van der Waals surface area contributed by atoms with Gasteiger partial charge in [0.2, 0.25) is 10.0 Å². The highest BCUT2D eigenvalue weighted by Gasteiger charge is 2.40. The summed E-state index contributed by atoms with van der Waals surface area (Å²) in [7, 11) is -1.29. The van der Waals surface area contributed by atoms with E-state index >= 15 is 0 Å². The van der Waals surface area contributed by atoms with Crippen molar-refractivity contribution in [3.63, 3.8) is 0 Å². The van der Waals surface area contributed by atoms with Gasteiger partial charge >= 0.3 is 0 Å². The minimum atomic E-state index is -3.06. The minimum absolute atomic E-state index is 0.192. The van der Waals surface area contributed by atoms with Crippen molar-refractivity contribution in [2.45, 2.75) is 31.7 Å². The van der Waals surface area contributed by atoms with E-state index < -0.39 is 10.0 Å². The van der Waals surface area contributed by atoms with Gasteiger partial charge in [0.05, 0.1) is 5.75 Å². The average molecular weight is 232 g/mol. The molecule has 2 rings (SSSR count). The van der Waals surface area contributed by atoms with Gasteiger partial charge in [-0.25, -0.2) is 13.1 Å². The zero-order valence-electron chi connectivity index (χ0n) is 9.20. The van der Waals surface area contributed by atoms with E-state index in [0.29, 0.717) is 12.5 Å². The van der Waals surface area contributed by atoms with Crippen molar-refractivity contribution in [2.75, 3.05) is 19.3 Å². The molecule has 0 aromatic rings. The highest BCUT2D eigenvalue weighted by Crippen LogP contribution is 2.44. The van der Waals surface area contributed by atoms with Crippen LogP contribution in [0.4, 0.5) is 0 Å². The van der Waals surface area contributed by atoms with Gasteiger partial charge in [-0.3, -0.25) is 0 Å². The Balaban J connectivity index is 1.86. The van der Waals surface area contributed by atoms with Gasteiger partial charge in [0.15, 0.2) is 0 Å². The van der Waals surface area contributed by atoms with Crippen LogP contribution >= 0.6 is 0 Å². The van der Waals surface area contributed by atoms with Gasteiger partial charge in [-0.15, -0.1) is 0 Å². The van der Waals surface area contributed by atoms with Crippen LogP contribution < -0.4 is 10.0 Å². The molecule has 4 nitrogen and oxygen atoms in total. The third-order valence-electron chi connectivity index (χ3n) is 3.69. The molecule has 2 bridgehead atoms. The second-order valence-corrected chi connectivity index (χ2v) is 6.70. The Morgan fingerprint density at radius 3 is 2.60 bits per heavy atom. The molecule has 2 N–H and O–H groups in total. The fourth-order valence-corrected chi connectivity index (χ4v) is 4.26. The van der Waals surface area contributed by atoms with Crippen molar-refractivity contribution in [1.82, 2.24) is 10.0 Å². The summed E-state index contributed by atoms with van der Waals surface area (Å²) in [5.74, 6) is 1.59. The van der Waals surface area contributed by atoms with E-state index in [-0.39, 0.29) is 11.8 Å². The lowest BCUT2D eigenvalue weighted by atomic mass is 9.96. The third kappa shape index (κ3) is 2.71. The topological polar surface area (TPSA) is 58.2 Å². The summed E-state index contributed by atoms with van der Waals surface area (Å²) in [6, 6.07) is 0.227. The predicted molar refractivity (Wildman–Crippen MR) is 60.1 cm³/mol. The van der Waals surface area contributed by atoms with Crippen LogP contribution in [0.25, 0.3) is 0 Å². The molecule has 2 fully saturated rings. The number of sulfonamides is 1. The molecule has 15 heavy (non-hydrogen) atoms. The number of hydrogen-bond acceptors (Lipinski definition) is 3. The van der Waals surface area contributed by atoms with Crippen LogP contribution in [0, 0.1) is 11.8 Å². The maximum Gasteiger partial charge on any atom is 0.213 e. The highest BCUT2D eigenvalue weighted by atomic mass is 32.2. The second kappa shape index (κ2) is 4.39. The Kier molecular flexibility index (Phi) is 3.33.